The fourth-order valence-electron chi connectivity index (χ4n) is 2.88. The molecular weight excluding hydrogens is 330 g/mol. The van der Waals surface area contributed by atoms with Gasteiger partial charge in [-0.15, -0.1) is 11.3 Å². The first-order valence-corrected chi connectivity index (χ1v) is 9.35. The molecule has 1 aromatic heterocycles. The van der Waals surface area contributed by atoms with Gasteiger partial charge in [-0.1, -0.05) is 24.3 Å². The highest BCUT2D eigenvalue weighted by molar-refractivity contribution is 7.09. The Hall–Kier alpha value is -2.34. The Morgan fingerprint density at radius 2 is 2.00 bits per heavy atom. The Bertz CT molecular complexity index is 739. The van der Waals surface area contributed by atoms with Crippen LogP contribution in [0.25, 0.3) is 0 Å². The van der Waals surface area contributed by atoms with E-state index in [9.17, 15) is 0 Å². The van der Waals surface area contributed by atoms with E-state index in [0.29, 0.717) is 0 Å². The molecule has 0 bridgehead atoms. The molecule has 0 saturated carbocycles. The van der Waals surface area contributed by atoms with Crippen molar-refractivity contribution in [1.29, 1.82) is 0 Å². The van der Waals surface area contributed by atoms with E-state index < -0.39 is 0 Å². The molecule has 1 aromatic carbocycles. The third-order valence-corrected chi connectivity index (χ3v) is 5.03. The van der Waals surface area contributed by atoms with Gasteiger partial charge in [0, 0.05) is 44.8 Å². The summed E-state index contributed by atoms with van der Waals surface area (Å²) in [6.45, 7) is 5.55. The summed E-state index contributed by atoms with van der Waals surface area (Å²) in [4.78, 5) is 13.3. The van der Waals surface area contributed by atoms with E-state index >= 15 is 0 Å². The summed E-state index contributed by atoms with van der Waals surface area (Å²) < 4.78 is 0. The first-order valence-electron chi connectivity index (χ1n) is 8.47. The van der Waals surface area contributed by atoms with Gasteiger partial charge in [0.05, 0.1) is 17.2 Å². The Labute approximate surface area is 153 Å². The van der Waals surface area contributed by atoms with E-state index in [4.69, 9.17) is 0 Å². The highest BCUT2D eigenvalue weighted by atomic mass is 32.1. The highest BCUT2D eigenvalue weighted by Gasteiger charge is 2.10. The van der Waals surface area contributed by atoms with Crippen molar-refractivity contribution in [2.75, 3.05) is 32.1 Å². The fraction of sp³-hybridized carbons (Fsp3) is 0.368. The molecule has 2 heterocycles. The van der Waals surface area contributed by atoms with Crippen molar-refractivity contribution < 1.29 is 0 Å². The quantitative estimate of drug-likeness (QED) is 0.509. The Balaban J connectivity index is 1.53. The van der Waals surface area contributed by atoms with Crippen molar-refractivity contribution >= 4 is 23.0 Å². The summed E-state index contributed by atoms with van der Waals surface area (Å²) >= 11 is 1.68. The monoisotopic (exact) mass is 355 g/mol. The SMILES string of the molecule is CN=C(NCc1ccc(N2CC=CC2)cc1)N(C)Cc1csc(C)n1. The Morgan fingerprint density at radius 1 is 1.28 bits per heavy atom. The fourth-order valence-corrected chi connectivity index (χ4v) is 3.48. The zero-order valence-corrected chi connectivity index (χ0v) is 15.9. The number of aromatic nitrogens is 1. The van der Waals surface area contributed by atoms with Crippen molar-refractivity contribution in [3.8, 4) is 0 Å². The van der Waals surface area contributed by atoms with E-state index in [1.54, 1.807) is 11.3 Å². The molecule has 0 radical (unpaired) electrons. The number of aryl methyl sites for hydroxylation is 1. The van der Waals surface area contributed by atoms with Crippen LogP contribution in [0.15, 0.2) is 46.8 Å². The number of hydrogen-bond donors (Lipinski definition) is 1. The van der Waals surface area contributed by atoms with Gasteiger partial charge in [-0.3, -0.25) is 4.99 Å². The molecule has 3 rings (SSSR count). The molecule has 5 nitrogen and oxygen atoms in total. The lowest BCUT2D eigenvalue weighted by atomic mass is 10.2. The zero-order chi connectivity index (χ0) is 17.6. The minimum absolute atomic E-state index is 0.755. The second-order valence-corrected chi connectivity index (χ2v) is 7.22. The number of aliphatic imine (C=N–C) groups is 1. The van der Waals surface area contributed by atoms with E-state index in [-0.39, 0.29) is 0 Å². The maximum atomic E-state index is 4.52. The molecule has 0 fully saturated rings. The van der Waals surface area contributed by atoms with Crippen LogP contribution in [0.3, 0.4) is 0 Å². The molecule has 0 spiro atoms. The van der Waals surface area contributed by atoms with Crippen molar-refractivity contribution in [3.05, 3.63) is 58.1 Å². The first-order chi connectivity index (χ1) is 12.2. The maximum Gasteiger partial charge on any atom is 0.194 e. The van der Waals surface area contributed by atoms with E-state index in [0.717, 1.165) is 42.8 Å². The summed E-state index contributed by atoms with van der Waals surface area (Å²) in [5, 5.41) is 6.63. The molecule has 6 heteroatoms. The minimum atomic E-state index is 0.755. The summed E-state index contributed by atoms with van der Waals surface area (Å²) in [5.74, 6) is 0.874. The van der Waals surface area contributed by atoms with Gasteiger partial charge in [0.15, 0.2) is 5.96 Å². The second kappa shape index (κ2) is 8.16. The molecule has 0 saturated heterocycles. The Morgan fingerprint density at radius 3 is 2.60 bits per heavy atom. The molecule has 25 heavy (non-hydrogen) atoms. The number of nitrogens with one attached hydrogen (secondary N) is 1. The zero-order valence-electron chi connectivity index (χ0n) is 15.1. The molecule has 0 amide bonds. The lowest BCUT2D eigenvalue weighted by Gasteiger charge is -2.21. The van der Waals surface area contributed by atoms with Crippen LogP contribution in [0.2, 0.25) is 0 Å². The number of rotatable bonds is 5. The van der Waals surface area contributed by atoms with Crippen LogP contribution in [-0.2, 0) is 13.1 Å². The van der Waals surface area contributed by atoms with Crippen LogP contribution in [0, 0.1) is 6.92 Å². The summed E-state index contributed by atoms with van der Waals surface area (Å²) in [5.41, 5.74) is 3.60. The average molecular weight is 356 g/mol. The minimum Gasteiger partial charge on any atom is -0.364 e. The van der Waals surface area contributed by atoms with Crippen LogP contribution in [0.1, 0.15) is 16.3 Å². The van der Waals surface area contributed by atoms with Gasteiger partial charge in [-0.2, -0.15) is 0 Å². The normalized spacial score (nSPS) is 14.2. The molecule has 132 valence electrons. The lowest BCUT2D eigenvalue weighted by Crippen LogP contribution is -2.38. The molecule has 0 aliphatic carbocycles. The lowest BCUT2D eigenvalue weighted by molar-refractivity contribution is 0.470. The van der Waals surface area contributed by atoms with Gasteiger partial charge in [-0.25, -0.2) is 4.98 Å². The number of thiazole rings is 1. The summed E-state index contributed by atoms with van der Waals surface area (Å²) in [7, 11) is 3.85. The number of hydrogen-bond acceptors (Lipinski definition) is 4. The molecule has 2 aromatic rings. The predicted octanol–water partition coefficient (Wildman–Crippen LogP) is 3.04. The summed E-state index contributed by atoms with van der Waals surface area (Å²) in [6, 6.07) is 8.73. The van der Waals surface area contributed by atoms with Crippen LogP contribution < -0.4 is 10.2 Å². The smallest absolute Gasteiger partial charge is 0.194 e. The van der Waals surface area contributed by atoms with Gasteiger partial charge in [0.2, 0.25) is 0 Å². The van der Waals surface area contributed by atoms with Crippen LogP contribution >= 0.6 is 11.3 Å². The van der Waals surface area contributed by atoms with Crippen molar-refractivity contribution in [2.45, 2.75) is 20.0 Å². The number of nitrogens with zero attached hydrogens (tertiary/aromatic N) is 4. The standard InChI is InChI=1S/C19H25N5S/c1-15-22-17(14-25-15)13-23(3)19(20-2)21-12-16-6-8-18(9-7-16)24-10-4-5-11-24/h4-9,14H,10-13H2,1-3H3,(H,20,21). The largest absolute Gasteiger partial charge is 0.364 e. The molecule has 0 unspecified atom stereocenters. The molecule has 1 N–H and O–H groups in total. The van der Waals surface area contributed by atoms with Crippen LogP contribution in [0.5, 0.6) is 0 Å². The van der Waals surface area contributed by atoms with Gasteiger partial charge in [0.25, 0.3) is 0 Å². The average Bonchev–Trinajstić information content (AvgIpc) is 3.28. The van der Waals surface area contributed by atoms with Crippen molar-refractivity contribution in [3.63, 3.8) is 0 Å². The van der Waals surface area contributed by atoms with Gasteiger partial charge in [0.1, 0.15) is 0 Å². The van der Waals surface area contributed by atoms with Gasteiger partial charge in [-0.05, 0) is 24.6 Å². The third kappa shape index (κ3) is 4.60. The maximum absolute atomic E-state index is 4.52. The molecule has 1 aliphatic heterocycles. The van der Waals surface area contributed by atoms with Crippen LogP contribution in [-0.4, -0.2) is 43.0 Å². The first kappa shape index (κ1) is 17.5. The van der Waals surface area contributed by atoms with Crippen molar-refractivity contribution in [1.82, 2.24) is 15.2 Å². The summed E-state index contributed by atoms with van der Waals surface area (Å²) in [6.07, 6.45) is 4.41. The number of guanidine groups is 1. The van der Waals surface area contributed by atoms with Crippen LogP contribution in [0.4, 0.5) is 5.69 Å². The molecule has 0 atom stereocenters. The third-order valence-electron chi connectivity index (χ3n) is 4.21. The topological polar surface area (TPSA) is 43.8 Å². The van der Waals surface area contributed by atoms with Gasteiger partial charge >= 0.3 is 0 Å². The highest BCUT2D eigenvalue weighted by Crippen LogP contribution is 2.17. The van der Waals surface area contributed by atoms with Crippen molar-refractivity contribution in [2.24, 2.45) is 4.99 Å². The van der Waals surface area contributed by atoms with Gasteiger partial charge < -0.3 is 15.1 Å². The number of benzene rings is 1. The molecular formula is C19H25N5S. The van der Waals surface area contributed by atoms with E-state index in [1.165, 1.54) is 11.3 Å². The van der Waals surface area contributed by atoms with E-state index in [1.807, 2.05) is 21.0 Å². The van der Waals surface area contributed by atoms with E-state index in [2.05, 4.69) is 66.9 Å². The Kier molecular flexibility index (Phi) is 5.71. The molecule has 1 aliphatic rings. The predicted molar refractivity (Wildman–Crippen MR) is 106 cm³/mol. The second-order valence-electron chi connectivity index (χ2n) is 6.16. The number of anilines is 1.